The first-order valence-electron chi connectivity index (χ1n) is 10.1. The maximum Gasteiger partial charge on any atom is 0.248 e. The average molecular weight is 376 g/mol. The zero-order valence-electron chi connectivity index (χ0n) is 16.1. The Labute approximate surface area is 164 Å². The van der Waals surface area contributed by atoms with E-state index in [1.54, 1.807) is 6.33 Å². The Balaban J connectivity index is 1.60. The molecule has 4 heterocycles. The molecule has 3 aliphatic rings. The van der Waals surface area contributed by atoms with Gasteiger partial charge >= 0.3 is 0 Å². The van der Waals surface area contributed by atoms with Gasteiger partial charge < -0.3 is 9.64 Å². The van der Waals surface area contributed by atoms with Crippen LogP contribution in [0.2, 0.25) is 0 Å². The number of hydrogen-bond acceptors (Lipinski definition) is 4. The third kappa shape index (κ3) is 2.88. The monoisotopic (exact) mass is 376 g/mol. The van der Waals surface area contributed by atoms with Crippen LogP contribution in [0.1, 0.15) is 48.3 Å². The molecule has 1 aromatic carbocycles. The van der Waals surface area contributed by atoms with Gasteiger partial charge in [-0.1, -0.05) is 25.1 Å². The van der Waals surface area contributed by atoms with Crippen molar-refractivity contribution in [3.8, 4) is 0 Å². The van der Waals surface area contributed by atoms with Gasteiger partial charge in [0.15, 0.2) is 0 Å². The van der Waals surface area contributed by atoms with Gasteiger partial charge in [0.25, 0.3) is 0 Å². The summed E-state index contributed by atoms with van der Waals surface area (Å²) in [5.74, 6) is 0.804. The van der Waals surface area contributed by atoms with Crippen LogP contribution in [-0.4, -0.2) is 45.9 Å². The van der Waals surface area contributed by atoms with Gasteiger partial charge in [0.2, 0.25) is 5.91 Å². The molecule has 3 aliphatic heterocycles. The number of fused-ring (bicyclic) bond motifs is 3. The Hall–Kier alpha value is -2.73. The third-order valence-electron chi connectivity index (χ3n) is 5.85. The molecule has 6 heteroatoms. The van der Waals surface area contributed by atoms with Gasteiger partial charge in [0.05, 0.1) is 17.5 Å². The summed E-state index contributed by atoms with van der Waals surface area (Å²) in [4.78, 5) is 23.6. The van der Waals surface area contributed by atoms with Gasteiger partial charge in [-0.25, -0.2) is 4.98 Å². The van der Waals surface area contributed by atoms with Gasteiger partial charge in [-0.05, 0) is 36.8 Å². The molecular weight excluding hydrogens is 352 g/mol. The molecule has 1 aromatic heterocycles. The molecule has 5 rings (SSSR count). The lowest BCUT2D eigenvalue weighted by Gasteiger charge is -2.32. The molecule has 28 heavy (non-hydrogen) atoms. The van der Waals surface area contributed by atoms with Crippen LogP contribution in [0.25, 0.3) is 5.70 Å². The van der Waals surface area contributed by atoms with Crippen LogP contribution in [0.3, 0.4) is 0 Å². The van der Waals surface area contributed by atoms with Crippen LogP contribution in [0.4, 0.5) is 0 Å². The average Bonchev–Trinajstić information content (AvgIpc) is 3.39. The second kappa shape index (κ2) is 7.02. The lowest BCUT2D eigenvalue weighted by molar-refractivity contribution is -0.126. The van der Waals surface area contributed by atoms with Crippen molar-refractivity contribution in [1.82, 2.24) is 14.5 Å². The minimum Gasteiger partial charge on any atom is -0.374 e. The molecule has 0 unspecified atom stereocenters. The zero-order valence-corrected chi connectivity index (χ0v) is 16.1. The number of aryl methyl sites for hydroxylation is 1. The molecule has 1 saturated heterocycles. The van der Waals surface area contributed by atoms with Crippen molar-refractivity contribution in [2.45, 2.75) is 38.7 Å². The van der Waals surface area contributed by atoms with E-state index in [-0.39, 0.29) is 18.6 Å². The van der Waals surface area contributed by atoms with E-state index < -0.39 is 0 Å². The maximum absolute atomic E-state index is 12.8. The molecular formula is C22H24N4O2. The van der Waals surface area contributed by atoms with E-state index in [0.717, 1.165) is 55.1 Å². The van der Waals surface area contributed by atoms with E-state index in [1.165, 1.54) is 11.1 Å². The van der Waals surface area contributed by atoms with Crippen LogP contribution in [-0.2, 0) is 22.4 Å². The zero-order chi connectivity index (χ0) is 19.1. The number of aliphatic imine (C=N–C) groups is 1. The molecule has 0 N–H and O–H groups in total. The topological polar surface area (TPSA) is 59.7 Å². The highest BCUT2D eigenvalue weighted by atomic mass is 16.5. The van der Waals surface area contributed by atoms with Crippen molar-refractivity contribution in [3.63, 3.8) is 0 Å². The van der Waals surface area contributed by atoms with E-state index in [9.17, 15) is 4.79 Å². The number of amides is 1. The summed E-state index contributed by atoms with van der Waals surface area (Å²) in [5, 5.41) is 0. The first-order chi connectivity index (χ1) is 13.7. The van der Waals surface area contributed by atoms with Gasteiger partial charge in [0, 0.05) is 31.0 Å². The fraction of sp³-hybridized carbons (Fsp3) is 0.409. The number of aromatic nitrogens is 2. The Morgan fingerprint density at radius 3 is 3.04 bits per heavy atom. The number of benzene rings is 1. The molecule has 0 aliphatic carbocycles. The Morgan fingerprint density at radius 1 is 1.32 bits per heavy atom. The Kier molecular flexibility index (Phi) is 4.36. The lowest BCUT2D eigenvalue weighted by Crippen LogP contribution is -2.36. The van der Waals surface area contributed by atoms with Crippen molar-refractivity contribution in [2.24, 2.45) is 4.99 Å². The molecule has 6 nitrogen and oxygen atoms in total. The van der Waals surface area contributed by atoms with Crippen molar-refractivity contribution >= 4 is 17.4 Å². The standard InChI is InChI=1S/C22H24N4O2/c1-2-15-13-25(14-24-15)21-11-19-17-5-3-6-18(20-7-4-10-28-20)16(17)8-9-26(19)22(27)12-23-21/h3,5-6,11,13-14,20H,2,4,7-10,12H2,1H3/t20-/m1/s1. The van der Waals surface area contributed by atoms with Gasteiger partial charge in [-0.3, -0.25) is 14.4 Å². The number of hydrogen-bond donors (Lipinski definition) is 0. The number of ether oxygens (including phenoxy) is 1. The predicted octanol–water partition coefficient (Wildman–Crippen LogP) is 2.98. The van der Waals surface area contributed by atoms with Gasteiger partial charge in [-0.2, -0.15) is 0 Å². The predicted molar refractivity (Wildman–Crippen MR) is 107 cm³/mol. The SMILES string of the molecule is CCc1cn(C2=NCC(=O)N3CCc4c(cccc4[C@H]4CCCO4)C3=C2)cn1. The number of imidazole rings is 1. The molecule has 144 valence electrons. The van der Waals surface area contributed by atoms with Crippen LogP contribution >= 0.6 is 0 Å². The van der Waals surface area contributed by atoms with Crippen molar-refractivity contribution < 1.29 is 9.53 Å². The first kappa shape index (κ1) is 17.4. The molecule has 0 radical (unpaired) electrons. The molecule has 1 atom stereocenters. The largest absolute Gasteiger partial charge is 0.374 e. The maximum atomic E-state index is 12.8. The van der Waals surface area contributed by atoms with Crippen LogP contribution in [0.5, 0.6) is 0 Å². The third-order valence-corrected chi connectivity index (χ3v) is 5.85. The van der Waals surface area contributed by atoms with E-state index in [4.69, 9.17) is 4.74 Å². The van der Waals surface area contributed by atoms with Gasteiger partial charge in [-0.15, -0.1) is 0 Å². The van der Waals surface area contributed by atoms with Crippen LogP contribution < -0.4 is 0 Å². The summed E-state index contributed by atoms with van der Waals surface area (Å²) in [6, 6.07) is 6.38. The summed E-state index contributed by atoms with van der Waals surface area (Å²) in [6.45, 7) is 3.76. The fourth-order valence-electron chi connectivity index (χ4n) is 4.38. The summed E-state index contributed by atoms with van der Waals surface area (Å²) < 4.78 is 7.87. The highest BCUT2D eigenvalue weighted by molar-refractivity contribution is 6.06. The van der Waals surface area contributed by atoms with E-state index in [1.807, 2.05) is 21.7 Å². The summed E-state index contributed by atoms with van der Waals surface area (Å²) in [7, 11) is 0. The summed E-state index contributed by atoms with van der Waals surface area (Å²) >= 11 is 0. The second-order valence-corrected chi connectivity index (χ2v) is 7.50. The number of nitrogens with zero attached hydrogens (tertiary/aromatic N) is 4. The molecule has 0 bridgehead atoms. The number of carbonyl (C=O) groups is 1. The van der Waals surface area contributed by atoms with Crippen molar-refractivity contribution in [1.29, 1.82) is 0 Å². The van der Waals surface area contributed by atoms with E-state index in [0.29, 0.717) is 6.54 Å². The smallest absolute Gasteiger partial charge is 0.248 e. The minimum atomic E-state index is 0.0465. The molecule has 1 fully saturated rings. The first-order valence-corrected chi connectivity index (χ1v) is 10.1. The minimum absolute atomic E-state index is 0.0465. The molecule has 0 spiro atoms. The summed E-state index contributed by atoms with van der Waals surface area (Å²) in [5.41, 5.74) is 5.66. The second-order valence-electron chi connectivity index (χ2n) is 7.50. The Morgan fingerprint density at radius 2 is 2.25 bits per heavy atom. The van der Waals surface area contributed by atoms with Crippen LogP contribution in [0.15, 0.2) is 41.8 Å². The highest BCUT2D eigenvalue weighted by Crippen LogP contribution is 2.38. The van der Waals surface area contributed by atoms with Crippen molar-refractivity contribution in [3.05, 3.63) is 59.2 Å². The van der Waals surface area contributed by atoms with E-state index in [2.05, 4.69) is 35.1 Å². The molecule has 0 saturated carbocycles. The van der Waals surface area contributed by atoms with E-state index >= 15 is 0 Å². The van der Waals surface area contributed by atoms with Crippen molar-refractivity contribution in [2.75, 3.05) is 19.7 Å². The highest BCUT2D eigenvalue weighted by Gasteiger charge is 2.31. The quantitative estimate of drug-likeness (QED) is 0.810. The molecule has 2 aromatic rings. The number of rotatable bonds is 2. The lowest BCUT2D eigenvalue weighted by atomic mass is 9.89. The normalized spacial score (nSPS) is 21.7. The number of allylic oxidation sites excluding steroid dienone is 1. The van der Waals surface area contributed by atoms with Crippen LogP contribution in [0, 0.1) is 0 Å². The Bertz CT molecular complexity index is 982. The fourth-order valence-corrected chi connectivity index (χ4v) is 4.38. The molecule has 1 amide bonds. The number of carbonyl (C=O) groups excluding carboxylic acids is 1. The van der Waals surface area contributed by atoms with Gasteiger partial charge in [0.1, 0.15) is 18.7 Å². The summed E-state index contributed by atoms with van der Waals surface area (Å²) in [6.07, 6.45) is 9.88.